The van der Waals surface area contributed by atoms with E-state index in [9.17, 15) is 30.0 Å². The number of carbonyl (C=O) groups is 2. The molecular formula is C42H48N4O6. The molecule has 1 rings (SSSR count). The zero-order valence-electron chi connectivity index (χ0n) is 30.4. The third-order valence-corrected chi connectivity index (χ3v) is 7.00. The van der Waals surface area contributed by atoms with Crippen molar-refractivity contribution >= 4 is 11.8 Å². The fourth-order valence-electron chi connectivity index (χ4n) is 4.99. The SMILES string of the molecule is CC#CC#CC#CC#CC#CC#CC#CC#CC#CC(O)CN(CCCCC1NC(=O)C(CCCCN(CC(C)O)CC(C)O)NC1=O)CC(C)O. The van der Waals surface area contributed by atoms with E-state index in [1.54, 1.807) is 27.7 Å². The number of hydrogen-bond acceptors (Lipinski definition) is 8. The largest absolute Gasteiger partial charge is 0.392 e. The summed E-state index contributed by atoms with van der Waals surface area (Å²) < 4.78 is 0. The van der Waals surface area contributed by atoms with Gasteiger partial charge in [0.15, 0.2) is 0 Å². The molecular weight excluding hydrogens is 656 g/mol. The molecule has 0 aromatic rings. The van der Waals surface area contributed by atoms with Crippen molar-refractivity contribution in [1.82, 2.24) is 20.4 Å². The van der Waals surface area contributed by atoms with Crippen LogP contribution in [0.3, 0.4) is 0 Å². The molecule has 272 valence electrons. The molecule has 1 aliphatic rings. The number of carbonyl (C=O) groups excluding carboxylic acids is 2. The molecule has 6 atom stereocenters. The highest BCUT2D eigenvalue weighted by atomic mass is 16.3. The molecule has 1 heterocycles. The first-order valence-corrected chi connectivity index (χ1v) is 17.2. The Morgan fingerprint density at radius 3 is 1.19 bits per heavy atom. The first-order valence-electron chi connectivity index (χ1n) is 17.2. The van der Waals surface area contributed by atoms with Gasteiger partial charge in [0.25, 0.3) is 0 Å². The summed E-state index contributed by atoms with van der Waals surface area (Å²) >= 11 is 0. The van der Waals surface area contributed by atoms with E-state index >= 15 is 0 Å². The maximum Gasteiger partial charge on any atom is 0.243 e. The number of aliphatic hydroxyl groups is 4. The van der Waals surface area contributed by atoms with Crippen LogP contribution in [0.15, 0.2) is 0 Å². The van der Waals surface area contributed by atoms with Gasteiger partial charge < -0.3 is 31.1 Å². The maximum atomic E-state index is 12.7. The van der Waals surface area contributed by atoms with E-state index in [1.807, 2.05) is 9.80 Å². The van der Waals surface area contributed by atoms with Gasteiger partial charge in [-0.1, -0.05) is 11.8 Å². The molecule has 2 amide bonds. The fourth-order valence-corrected chi connectivity index (χ4v) is 4.99. The predicted molar refractivity (Wildman–Crippen MR) is 201 cm³/mol. The molecule has 6 unspecified atom stereocenters. The molecule has 6 N–H and O–H groups in total. The zero-order chi connectivity index (χ0) is 38.4. The number of unbranched alkanes of at least 4 members (excludes halogenated alkanes) is 2. The highest BCUT2D eigenvalue weighted by Gasteiger charge is 2.32. The topological polar surface area (TPSA) is 146 Å². The Morgan fingerprint density at radius 1 is 0.519 bits per heavy atom. The highest BCUT2D eigenvalue weighted by Crippen LogP contribution is 2.12. The van der Waals surface area contributed by atoms with Crippen molar-refractivity contribution in [2.24, 2.45) is 0 Å². The van der Waals surface area contributed by atoms with Crippen LogP contribution in [-0.2, 0) is 9.59 Å². The molecule has 52 heavy (non-hydrogen) atoms. The van der Waals surface area contributed by atoms with Crippen molar-refractivity contribution in [1.29, 1.82) is 0 Å². The van der Waals surface area contributed by atoms with Crippen molar-refractivity contribution in [2.75, 3.05) is 39.3 Å². The standard InChI is InChI=1S/C42H48N4O6/c1-5-6-7-8-9-10-11-12-13-14-15-16-17-18-19-20-21-26-38(50)34-46(33-37(4)49)30-25-23-28-40-42(52)43-39(41(51)44-40)27-22-24-29-45(31-35(2)47)32-36(3)48/h35-40,47-50H,22-25,27-34H2,1-4H3,(H,43,52)(H,44,51). The van der Waals surface area contributed by atoms with Crippen molar-refractivity contribution in [2.45, 2.75) is 103 Å². The molecule has 0 radical (unpaired) electrons. The quantitative estimate of drug-likeness (QED) is 0.0826. The Balaban J connectivity index is 2.47. The molecule has 0 spiro atoms. The van der Waals surface area contributed by atoms with Crippen molar-refractivity contribution < 1.29 is 30.0 Å². The van der Waals surface area contributed by atoms with Crippen LogP contribution in [0, 0.1) is 107 Å². The molecule has 0 bridgehead atoms. The van der Waals surface area contributed by atoms with Crippen molar-refractivity contribution in [3.63, 3.8) is 0 Å². The molecule has 0 saturated carbocycles. The number of nitrogens with zero attached hydrogens (tertiary/aromatic N) is 2. The minimum Gasteiger partial charge on any atom is -0.392 e. The van der Waals surface area contributed by atoms with Crippen LogP contribution < -0.4 is 10.6 Å². The molecule has 10 heteroatoms. The minimum atomic E-state index is -1.00. The van der Waals surface area contributed by atoms with Gasteiger partial charge in [-0.25, -0.2) is 0 Å². The van der Waals surface area contributed by atoms with Gasteiger partial charge in [-0.3, -0.25) is 19.4 Å². The number of aliphatic hydroxyl groups excluding tert-OH is 4. The molecule has 0 aliphatic carbocycles. The lowest BCUT2D eigenvalue weighted by molar-refractivity contribution is -0.137. The van der Waals surface area contributed by atoms with Gasteiger partial charge in [0.2, 0.25) is 11.8 Å². The predicted octanol–water partition coefficient (Wildman–Crippen LogP) is -0.532. The highest BCUT2D eigenvalue weighted by molar-refractivity contribution is 5.96. The van der Waals surface area contributed by atoms with Crippen molar-refractivity contribution in [3.05, 3.63) is 0 Å². The summed E-state index contributed by atoms with van der Waals surface area (Å²) in [5, 5.41) is 45.4. The fraction of sp³-hybridized carbons (Fsp3) is 0.524. The lowest BCUT2D eigenvalue weighted by Crippen LogP contribution is -2.61. The second-order valence-corrected chi connectivity index (χ2v) is 12.1. The summed E-state index contributed by atoms with van der Waals surface area (Å²) in [7, 11) is 0. The van der Waals surface area contributed by atoms with E-state index < -0.39 is 36.5 Å². The van der Waals surface area contributed by atoms with Gasteiger partial charge in [-0.05, 0) is 174 Å². The average molecular weight is 705 g/mol. The molecule has 0 aromatic heterocycles. The average Bonchev–Trinajstić information content (AvgIpc) is 3.07. The van der Waals surface area contributed by atoms with E-state index in [0.717, 1.165) is 6.42 Å². The second kappa shape index (κ2) is 28.4. The van der Waals surface area contributed by atoms with Crippen LogP contribution in [0.1, 0.15) is 66.2 Å². The number of hydrogen-bond donors (Lipinski definition) is 6. The van der Waals surface area contributed by atoms with E-state index in [2.05, 4.69) is 117 Å². The Kier molecular flexibility index (Phi) is 24.5. The first-order chi connectivity index (χ1) is 25.0. The number of amides is 2. The molecule has 1 aliphatic heterocycles. The maximum absolute atomic E-state index is 12.7. The van der Waals surface area contributed by atoms with Crippen LogP contribution in [0.2, 0.25) is 0 Å². The molecule has 0 aromatic carbocycles. The number of nitrogens with one attached hydrogen (secondary N) is 2. The molecule has 1 saturated heterocycles. The van der Waals surface area contributed by atoms with Crippen LogP contribution >= 0.6 is 0 Å². The monoisotopic (exact) mass is 704 g/mol. The summed E-state index contributed by atoms with van der Waals surface area (Å²) in [6.07, 6.45) is 1.15. The summed E-state index contributed by atoms with van der Waals surface area (Å²) in [5.41, 5.74) is 0. The minimum absolute atomic E-state index is 0.197. The Morgan fingerprint density at radius 2 is 0.846 bits per heavy atom. The number of rotatable bonds is 18. The van der Waals surface area contributed by atoms with Gasteiger partial charge in [-0.2, -0.15) is 0 Å². The third kappa shape index (κ3) is 24.0. The zero-order valence-corrected chi connectivity index (χ0v) is 30.4. The van der Waals surface area contributed by atoms with Crippen LogP contribution in [-0.4, -0.2) is 118 Å². The summed E-state index contributed by atoms with van der Waals surface area (Å²) in [6, 6.07) is -1.20. The summed E-state index contributed by atoms with van der Waals surface area (Å²) in [4.78, 5) is 29.3. The van der Waals surface area contributed by atoms with E-state index in [1.165, 1.54) is 0 Å². The summed E-state index contributed by atoms with van der Waals surface area (Å²) in [6.45, 7) is 9.43. The smallest absolute Gasteiger partial charge is 0.243 e. The first kappa shape index (κ1) is 44.8. The van der Waals surface area contributed by atoms with Gasteiger partial charge >= 0.3 is 0 Å². The van der Waals surface area contributed by atoms with Gasteiger partial charge in [0.05, 0.1) is 18.3 Å². The lowest BCUT2D eigenvalue weighted by Gasteiger charge is -2.30. The van der Waals surface area contributed by atoms with E-state index in [4.69, 9.17) is 0 Å². The van der Waals surface area contributed by atoms with E-state index in [-0.39, 0.29) is 18.4 Å². The van der Waals surface area contributed by atoms with Crippen LogP contribution in [0.5, 0.6) is 0 Å². The van der Waals surface area contributed by atoms with Crippen LogP contribution in [0.4, 0.5) is 0 Å². The van der Waals surface area contributed by atoms with Crippen LogP contribution in [0.25, 0.3) is 0 Å². The van der Waals surface area contributed by atoms with Gasteiger partial charge in [0, 0.05) is 26.2 Å². The normalized spacial score (nSPS) is 16.0. The van der Waals surface area contributed by atoms with Crippen molar-refractivity contribution in [3.8, 4) is 107 Å². The summed E-state index contributed by atoms with van der Waals surface area (Å²) in [5.74, 6) is 45.3. The molecule has 1 fully saturated rings. The Labute approximate surface area is 310 Å². The van der Waals surface area contributed by atoms with E-state index in [0.29, 0.717) is 64.8 Å². The third-order valence-electron chi connectivity index (χ3n) is 7.00. The Hall–Kier alpha value is -5.26. The second-order valence-electron chi connectivity index (χ2n) is 12.1. The Bertz CT molecular complexity index is 1740. The van der Waals surface area contributed by atoms with Gasteiger partial charge in [0.1, 0.15) is 18.2 Å². The lowest BCUT2D eigenvalue weighted by atomic mass is 10.0. The van der Waals surface area contributed by atoms with Gasteiger partial charge in [-0.15, -0.1) is 0 Å². The molecule has 10 nitrogen and oxygen atoms in total. The number of piperazine rings is 1.